The summed E-state index contributed by atoms with van der Waals surface area (Å²) in [6.45, 7) is 7.26. The van der Waals surface area contributed by atoms with Gasteiger partial charge in [-0.25, -0.2) is 4.39 Å². The normalized spacial score (nSPS) is 12.8. The van der Waals surface area contributed by atoms with Crippen LogP contribution in [0.2, 0.25) is 0 Å². The Bertz CT molecular complexity index is 380. The maximum atomic E-state index is 13.2. The molecule has 1 aromatic rings. The molecule has 0 aliphatic rings. The first-order valence-corrected chi connectivity index (χ1v) is 6.29. The first-order valence-electron chi connectivity index (χ1n) is 6.29. The molecule has 0 aliphatic heterocycles. The number of likely N-dealkylation sites (N-methyl/N-ethyl adjacent to an activating group) is 1. The summed E-state index contributed by atoms with van der Waals surface area (Å²) in [4.78, 5) is 2.04. The Balaban J connectivity index is 2.75. The molecule has 0 spiro atoms. The van der Waals surface area contributed by atoms with Crippen LogP contribution in [0.25, 0.3) is 0 Å². The molecule has 0 fully saturated rings. The van der Waals surface area contributed by atoms with E-state index >= 15 is 0 Å². The molecule has 0 aliphatic carbocycles. The van der Waals surface area contributed by atoms with Crippen LogP contribution in [-0.2, 0) is 4.74 Å². The molecule has 0 unspecified atom stereocenters. The van der Waals surface area contributed by atoms with E-state index in [0.717, 1.165) is 17.8 Å². The second-order valence-electron chi connectivity index (χ2n) is 4.83. The fraction of sp³-hybridized carbons (Fsp3) is 0.571. The van der Waals surface area contributed by atoms with Gasteiger partial charge in [-0.2, -0.15) is 0 Å². The molecule has 0 heterocycles. The van der Waals surface area contributed by atoms with Crippen molar-refractivity contribution in [2.45, 2.75) is 32.9 Å². The van der Waals surface area contributed by atoms with Gasteiger partial charge in [0.25, 0.3) is 0 Å². The van der Waals surface area contributed by atoms with Gasteiger partial charge in [-0.1, -0.05) is 0 Å². The average molecular weight is 254 g/mol. The van der Waals surface area contributed by atoms with Crippen molar-refractivity contribution in [3.05, 3.63) is 29.6 Å². The Hall–Kier alpha value is -1.13. The molecule has 0 amide bonds. The van der Waals surface area contributed by atoms with Crippen LogP contribution in [0, 0.1) is 5.82 Å². The fourth-order valence-corrected chi connectivity index (χ4v) is 1.78. The summed E-state index contributed by atoms with van der Waals surface area (Å²) in [5.74, 6) is -0.252. The van der Waals surface area contributed by atoms with Crippen LogP contribution in [0.15, 0.2) is 18.2 Å². The summed E-state index contributed by atoms with van der Waals surface area (Å²) in [6.07, 6.45) is 0.222. The summed E-state index contributed by atoms with van der Waals surface area (Å²) in [7, 11) is 1.96. The van der Waals surface area contributed by atoms with E-state index in [1.54, 1.807) is 6.07 Å². The summed E-state index contributed by atoms with van der Waals surface area (Å²) < 4.78 is 18.7. The third kappa shape index (κ3) is 4.27. The molecule has 18 heavy (non-hydrogen) atoms. The molecular weight excluding hydrogens is 231 g/mol. The quantitative estimate of drug-likeness (QED) is 0.848. The Morgan fingerprint density at radius 1 is 1.33 bits per heavy atom. The monoisotopic (exact) mass is 254 g/mol. The van der Waals surface area contributed by atoms with Crippen LogP contribution in [-0.4, -0.2) is 26.3 Å². The number of benzene rings is 1. The van der Waals surface area contributed by atoms with Gasteiger partial charge in [-0.05, 0) is 44.5 Å². The second-order valence-corrected chi connectivity index (χ2v) is 4.83. The van der Waals surface area contributed by atoms with Crippen molar-refractivity contribution in [1.82, 2.24) is 0 Å². The molecule has 0 aromatic heterocycles. The third-order valence-electron chi connectivity index (χ3n) is 2.77. The van der Waals surface area contributed by atoms with Crippen LogP contribution in [0.5, 0.6) is 0 Å². The van der Waals surface area contributed by atoms with E-state index in [4.69, 9.17) is 10.5 Å². The van der Waals surface area contributed by atoms with Gasteiger partial charge in [-0.15, -0.1) is 0 Å². The Labute approximate surface area is 109 Å². The fourth-order valence-electron chi connectivity index (χ4n) is 1.78. The number of anilines is 1. The average Bonchev–Trinajstić information content (AvgIpc) is 2.28. The van der Waals surface area contributed by atoms with Gasteiger partial charge in [0.1, 0.15) is 5.82 Å². The van der Waals surface area contributed by atoms with Gasteiger partial charge in [0.2, 0.25) is 0 Å². The molecular formula is C14H23FN2O. The van der Waals surface area contributed by atoms with E-state index < -0.39 is 0 Å². The van der Waals surface area contributed by atoms with Gasteiger partial charge < -0.3 is 15.4 Å². The highest BCUT2D eigenvalue weighted by Crippen LogP contribution is 2.25. The van der Waals surface area contributed by atoms with E-state index in [1.807, 2.05) is 32.7 Å². The van der Waals surface area contributed by atoms with Crippen molar-refractivity contribution in [2.24, 2.45) is 5.73 Å². The lowest BCUT2D eigenvalue weighted by molar-refractivity contribution is 0.0846. The van der Waals surface area contributed by atoms with Gasteiger partial charge in [-0.3, -0.25) is 0 Å². The highest BCUT2D eigenvalue weighted by molar-refractivity contribution is 5.54. The van der Waals surface area contributed by atoms with Crippen molar-refractivity contribution in [3.63, 3.8) is 0 Å². The zero-order chi connectivity index (χ0) is 13.7. The van der Waals surface area contributed by atoms with Gasteiger partial charge in [0, 0.05) is 25.3 Å². The highest BCUT2D eigenvalue weighted by atomic mass is 19.1. The molecule has 0 saturated heterocycles. The summed E-state index contributed by atoms with van der Waals surface area (Å²) in [5, 5.41) is 0. The van der Waals surface area contributed by atoms with E-state index in [1.165, 1.54) is 12.1 Å². The van der Waals surface area contributed by atoms with Crippen LogP contribution < -0.4 is 10.6 Å². The number of rotatable bonds is 6. The van der Waals surface area contributed by atoms with Crippen molar-refractivity contribution >= 4 is 5.69 Å². The van der Waals surface area contributed by atoms with Gasteiger partial charge in [0.15, 0.2) is 0 Å². The predicted octanol–water partition coefficient (Wildman–Crippen LogP) is 2.71. The summed E-state index contributed by atoms with van der Waals surface area (Å²) >= 11 is 0. The smallest absolute Gasteiger partial charge is 0.123 e. The number of halogens is 1. The molecule has 102 valence electrons. The van der Waals surface area contributed by atoms with Crippen molar-refractivity contribution in [2.75, 3.05) is 25.1 Å². The van der Waals surface area contributed by atoms with Crippen molar-refractivity contribution < 1.29 is 9.13 Å². The predicted molar refractivity (Wildman–Crippen MR) is 73.4 cm³/mol. The Morgan fingerprint density at radius 3 is 2.56 bits per heavy atom. The van der Waals surface area contributed by atoms with E-state index in [2.05, 4.69) is 0 Å². The molecule has 0 saturated carbocycles. The molecule has 0 radical (unpaired) electrons. The number of hydrogen-bond donors (Lipinski definition) is 1. The molecule has 4 heteroatoms. The Kier molecular flexibility index (Phi) is 5.56. The minimum atomic E-state index is -0.252. The van der Waals surface area contributed by atoms with Gasteiger partial charge >= 0.3 is 0 Å². The maximum Gasteiger partial charge on any atom is 0.123 e. The maximum absolute atomic E-state index is 13.2. The van der Waals surface area contributed by atoms with Crippen LogP contribution in [0.3, 0.4) is 0 Å². The zero-order valence-corrected chi connectivity index (χ0v) is 11.6. The number of ether oxygens (including phenoxy) is 1. The highest BCUT2D eigenvalue weighted by Gasteiger charge is 2.12. The first-order chi connectivity index (χ1) is 8.41. The molecule has 1 aromatic carbocycles. The standard InChI is InChI=1S/C14H23FN2O/c1-10(2)18-8-7-17(4)14-6-5-12(15)9-13(14)11(3)16/h5-6,9-11H,7-8,16H2,1-4H3/t11-/m1/s1. The molecule has 3 nitrogen and oxygen atoms in total. The largest absolute Gasteiger partial charge is 0.377 e. The van der Waals surface area contributed by atoms with Crippen molar-refractivity contribution in [1.29, 1.82) is 0 Å². The van der Waals surface area contributed by atoms with Crippen LogP contribution in [0.4, 0.5) is 10.1 Å². The third-order valence-corrected chi connectivity index (χ3v) is 2.77. The number of hydrogen-bond acceptors (Lipinski definition) is 3. The minimum Gasteiger partial charge on any atom is -0.377 e. The topological polar surface area (TPSA) is 38.5 Å². The lowest BCUT2D eigenvalue weighted by atomic mass is 10.1. The Morgan fingerprint density at radius 2 is 2.00 bits per heavy atom. The lowest BCUT2D eigenvalue weighted by Gasteiger charge is -2.24. The molecule has 1 atom stereocenters. The van der Waals surface area contributed by atoms with Gasteiger partial charge in [0.05, 0.1) is 12.7 Å². The first kappa shape index (κ1) is 14.9. The molecule has 1 rings (SSSR count). The second kappa shape index (κ2) is 6.71. The number of nitrogens with zero attached hydrogens (tertiary/aromatic N) is 1. The van der Waals surface area contributed by atoms with Crippen molar-refractivity contribution in [3.8, 4) is 0 Å². The SMILES string of the molecule is CC(C)OCCN(C)c1ccc(F)cc1[C@@H](C)N. The molecule has 0 bridgehead atoms. The van der Waals surface area contributed by atoms with Crippen LogP contribution in [0.1, 0.15) is 32.4 Å². The molecule has 2 N–H and O–H groups in total. The van der Waals surface area contributed by atoms with Crippen LogP contribution >= 0.6 is 0 Å². The van der Waals surface area contributed by atoms with E-state index in [-0.39, 0.29) is 18.0 Å². The van der Waals surface area contributed by atoms with E-state index in [0.29, 0.717) is 6.61 Å². The summed E-state index contributed by atoms with van der Waals surface area (Å²) in [6, 6.07) is 4.54. The lowest BCUT2D eigenvalue weighted by Crippen LogP contribution is -2.26. The minimum absolute atomic E-state index is 0.191. The summed E-state index contributed by atoms with van der Waals surface area (Å²) in [5.41, 5.74) is 7.65. The number of nitrogens with two attached hydrogens (primary N) is 1. The van der Waals surface area contributed by atoms with E-state index in [9.17, 15) is 4.39 Å². The zero-order valence-electron chi connectivity index (χ0n) is 11.6.